The third-order valence-electron chi connectivity index (χ3n) is 3.52. The van der Waals surface area contributed by atoms with Crippen LogP contribution in [0.15, 0.2) is 24.5 Å². The lowest BCUT2D eigenvalue weighted by Crippen LogP contribution is -2.03. The highest BCUT2D eigenvalue weighted by Crippen LogP contribution is 2.33. The van der Waals surface area contributed by atoms with Crippen molar-refractivity contribution in [3.05, 3.63) is 35.9 Å². The van der Waals surface area contributed by atoms with Gasteiger partial charge in [0, 0.05) is 12.1 Å². The van der Waals surface area contributed by atoms with Crippen LogP contribution in [0.25, 0.3) is 5.52 Å². The molecule has 0 radical (unpaired) electrons. The maximum atomic E-state index is 11.0. The summed E-state index contributed by atoms with van der Waals surface area (Å²) in [5, 5.41) is 9.00. The van der Waals surface area contributed by atoms with Crippen molar-refractivity contribution in [1.82, 2.24) is 9.38 Å². The molecule has 4 nitrogen and oxygen atoms in total. The van der Waals surface area contributed by atoms with Gasteiger partial charge in [-0.1, -0.05) is 12.8 Å². The zero-order valence-corrected chi connectivity index (χ0v) is 9.47. The predicted octanol–water partition coefficient (Wildman–Crippen LogP) is 2.69. The summed E-state index contributed by atoms with van der Waals surface area (Å²) in [5.41, 5.74) is 1.28. The molecule has 0 atom stereocenters. The molecule has 1 aliphatic rings. The van der Waals surface area contributed by atoms with Gasteiger partial charge in [0.05, 0.1) is 17.3 Å². The normalized spacial score (nSPS) is 16.7. The van der Waals surface area contributed by atoms with Crippen molar-refractivity contribution < 1.29 is 9.90 Å². The molecule has 0 aromatic carbocycles. The molecule has 1 N–H and O–H groups in total. The van der Waals surface area contributed by atoms with Gasteiger partial charge in [0.25, 0.3) is 0 Å². The molecule has 0 spiro atoms. The SMILES string of the molecule is O=C(O)c1ccc2cnc(C3CCCC3)n2c1. The average molecular weight is 230 g/mol. The van der Waals surface area contributed by atoms with Crippen molar-refractivity contribution in [2.45, 2.75) is 31.6 Å². The first-order chi connectivity index (χ1) is 8.25. The van der Waals surface area contributed by atoms with Crippen molar-refractivity contribution in [1.29, 1.82) is 0 Å². The molecule has 1 aliphatic carbocycles. The number of carboxylic acids is 1. The molecule has 3 rings (SSSR count). The Hall–Kier alpha value is -1.84. The van der Waals surface area contributed by atoms with Crippen LogP contribution in [0.2, 0.25) is 0 Å². The van der Waals surface area contributed by atoms with E-state index in [0.717, 1.165) is 24.2 Å². The van der Waals surface area contributed by atoms with Crippen LogP contribution in [0.4, 0.5) is 0 Å². The lowest BCUT2D eigenvalue weighted by molar-refractivity contribution is 0.0696. The number of hydrogen-bond donors (Lipinski definition) is 1. The molecule has 2 heterocycles. The number of pyridine rings is 1. The van der Waals surface area contributed by atoms with Gasteiger partial charge in [-0.3, -0.25) is 0 Å². The topological polar surface area (TPSA) is 54.6 Å². The standard InChI is InChI=1S/C13H14N2O2/c16-13(17)10-5-6-11-7-14-12(15(11)8-10)9-3-1-2-4-9/h5-9H,1-4H2,(H,16,17). The Bertz CT molecular complexity index is 568. The van der Waals surface area contributed by atoms with E-state index in [2.05, 4.69) is 4.98 Å². The van der Waals surface area contributed by atoms with Crippen LogP contribution in [-0.4, -0.2) is 20.5 Å². The predicted molar refractivity (Wildman–Crippen MR) is 63.4 cm³/mol. The Morgan fingerprint density at radius 2 is 2.12 bits per heavy atom. The fourth-order valence-electron chi connectivity index (χ4n) is 2.62. The summed E-state index contributed by atoms with van der Waals surface area (Å²) >= 11 is 0. The second-order valence-corrected chi connectivity index (χ2v) is 4.62. The van der Waals surface area contributed by atoms with Gasteiger partial charge in [-0.25, -0.2) is 9.78 Å². The maximum absolute atomic E-state index is 11.0. The molecule has 88 valence electrons. The van der Waals surface area contributed by atoms with E-state index in [-0.39, 0.29) is 0 Å². The molecule has 2 aromatic rings. The van der Waals surface area contributed by atoms with Gasteiger partial charge in [-0.2, -0.15) is 0 Å². The third-order valence-corrected chi connectivity index (χ3v) is 3.52. The largest absolute Gasteiger partial charge is 0.478 e. The van der Waals surface area contributed by atoms with E-state index in [4.69, 9.17) is 5.11 Å². The molecular weight excluding hydrogens is 216 g/mol. The molecule has 2 aromatic heterocycles. The van der Waals surface area contributed by atoms with E-state index in [9.17, 15) is 4.79 Å². The third kappa shape index (κ3) is 1.69. The highest BCUT2D eigenvalue weighted by molar-refractivity contribution is 5.87. The Labute approximate surface area is 98.9 Å². The van der Waals surface area contributed by atoms with E-state index in [1.54, 1.807) is 12.3 Å². The minimum Gasteiger partial charge on any atom is -0.478 e. The van der Waals surface area contributed by atoms with Gasteiger partial charge in [-0.15, -0.1) is 0 Å². The molecule has 17 heavy (non-hydrogen) atoms. The number of aromatic carboxylic acids is 1. The first-order valence-electron chi connectivity index (χ1n) is 5.96. The average Bonchev–Trinajstić information content (AvgIpc) is 2.96. The molecule has 1 saturated carbocycles. The lowest BCUT2D eigenvalue weighted by atomic mass is 10.1. The number of hydrogen-bond acceptors (Lipinski definition) is 2. The summed E-state index contributed by atoms with van der Waals surface area (Å²) in [5.74, 6) is 0.611. The van der Waals surface area contributed by atoms with Gasteiger partial charge >= 0.3 is 5.97 Å². The monoisotopic (exact) mass is 230 g/mol. The molecule has 0 bridgehead atoms. The van der Waals surface area contributed by atoms with E-state index < -0.39 is 5.97 Å². The van der Waals surface area contributed by atoms with Gasteiger partial charge in [-0.05, 0) is 25.0 Å². The summed E-state index contributed by atoms with van der Waals surface area (Å²) in [4.78, 5) is 15.4. The van der Waals surface area contributed by atoms with Gasteiger partial charge < -0.3 is 9.51 Å². The minimum absolute atomic E-state index is 0.315. The van der Waals surface area contributed by atoms with Crippen molar-refractivity contribution in [2.24, 2.45) is 0 Å². The Kier molecular flexibility index (Phi) is 2.35. The number of aromatic nitrogens is 2. The van der Waals surface area contributed by atoms with Crippen LogP contribution in [0.3, 0.4) is 0 Å². The molecule has 0 saturated heterocycles. The second-order valence-electron chi connectivity index (χ2n) is 4.62. The van der Waals surface area contributed by atoms with Gasteiger partial charge in [0.2, 0.25) is 0 Å². The van der Waals surface area contributed by atoms with Gasteiger partial charge in [0.15, 0.2) is 0 Å². The molecule has 0 aliphatic heterocycles. The summed E-state index contributed by atoms with van der Waals surface area (Å²) in [7, 11) is 0. The Morgan fingerprint density at radius 3 is 2.82 bits per heavy atom. The molecule has 0 amide bonds. The van der Waals surface area contributed by atoms with E-state index in [1.807, 2.05) is 16.7 Å². The lowest BCUT2D eigenvalue weighted by Gasteiger charge is -2.08. The van der Waals surface area contributed by atoms with Crippen molar-refractivity contribution >= 4 is 11.5 Å². The highest BCUT2D eigenvalue weighted by Gasteiger charge is 2.21. The smallest absolute Gasteiger partial charge is 0.337 e. The highest BCUT2D eigenvalue weighted by atomic mass is 16.4. The van der Waals surface area contributed by atoms with Crippen LogP contribution in [0, 0.1) is 0 Å². The number of rotatable bonds is 2. The van der Waals surface area contributed by atoms with E-state index in [1.165, 1.54) is 12.8 Å². The number of imidazole rings is 1. The number of carbonyl (C=O) groups is 1. The van der Waals surface area contributed by atoms with Crippen LogP contribution in [0.5, 0.6) is 0 Å². The van der Waals surface area contributed by atoms with Crippen molar-refractivity contribution in [3.8, 4) is 0 Å². The number of carboxylic acid groups (broad SMARTS) is 1. The zero-order chi connectivity index (χ0) is 11.8. The zero-order valence-electron chi connectivity index (χ0n) is 9.47. The first-order valence-corrected chi connectivity index (χ1v) is 5.96. The Balaban J connectivity index is 2.11. The summed E-state index contributed by atoms with van der Waals surface area (Å²) in [6.45, 7) is 0. The second kappa shape index (κ2) is 3.87. The molecular formula is C13H14N2O2. The van der Waals surface area contributed by atoms with Crippen molar-refractivity contribution in [2.75, 3.05) is 0 Å². The minimum atomic E-state index is -0.891. The van der Waals surface area contributed by atoms with E-state index >= 15 is 0 Å². The number of nitrogens with zero attached hydrogens (tertiary/aromatic N) is 2. The summed E-state index contributed by atoms with van der Waals surface area (Å²) in [6, 6.07) is 3.44. The van der Waals surface area contributed by atoms with Crippen LogP contribution in [0.1, 0.15) is 47.8 Å². The maximum Gasteiger partial charge on any atom is 0.337 e. The quantitative estimate of drug-likeness (QED) is 0.862. The molecule has 4 heteroatoms. The van der Waals surface area contributed by atoms with Crippen LogP contribution < -0.4 is 0 Å². The first kappa shape index (κ1) is 10.3. The fraction of sp³-hybridized carbons (Fsp3) is 0.385. The summed E-state index contributed by atoms with van der Waals surface area (Å²) in [6.07, 6.45) is 8.32. The molecule has 1 fully saturated rings. The number of fused-ring (bicyclic) bond motifs is 1. The Morgan fingerprint density at radius 1 is 1.35 bits per heavy atom. The fourth-order valence-corrected chi connectivity index (χ4v) is 2.62. The van der Waals surface area contributed by atoms with Gasteiger partial charge in [0.1, 0.15) is 5.82 Å². The van der Waals surface area contributed by atoms with Crippen LogP contribution >= 0.6 is 0 Å². The van der Waals surface area contributed by atoms with Crippen molar-refractivity contribution in [3.63, 3.8) is 0 Å². The molecule has 0 unspecified atom stereocenters. The van der Waals surface area contributed by atoms with E-state index in [0.29, 0.717) is 11.5 Å². The van der Waals surface area contributed by atoms with Crippen LogP contribution in [-0.2, 0) is 0 Å². The summed E-state index contributed by atoms with van der Waals surface area (Å²) < 4.78 is 1.93.